The number of likely N-dealkylation sites (tertiary alicyclic amines) is 1. The summed E-state index contributed by atoms with van der Waals surface area (Å²) in [7, 11) is 0. The van der Waals surface area contributed by atoms with Gasteiger partial charge < -0.3 is 5.11 Å². The highest BCUT2D eigenvalue weighted by Gasteiger charge is 2.32. The number of hydrogen-bond donors (Lipinski definition) is 1. The first-order valence-corrected chi connectivity index (χ1v) is 5.19. The first kappa shape index (κ1) is 8.52. The lowest BCUT2D eigenvalue weighted by atomic mass is 10.1. The van der Waals surface area contributed by atoms with Crippen LogP contribution in [-0.2, 0) is 0 Å². The van der Waals surface area contributed by atoms with Crippen LogP contribution in [0.2, 0.25) is 0 Å². The van der Waals surface area contributed by atoms with Gasteiger partial charge in [-0.3, -0.25) is 4.90 Å². The van der Waals surface area contributed by atoms with E-state index in [1.807, 2.05) is 0 Å². The molecular weight excluding hydrogens is 150 g/mol. The highest BCUT2D eigenvalue weighted by molar-refractivity contribution is 4.87. The van der Waals surface area contributed by atoms with Crippen LogP contribution in [0.25, 0.3) is 0 Å². The Morgan fingerprint density at radius 3 is 2.58 bits per heavy atom. The Bertz CT molecular complexity index is 160. The molecule has 1 N–H and O–H groups in total. The van der Waals surface area contributed by atoms with Gasteiger partial charge in [0.1, 0.15) is 0 Å². The van der Waals surface area contributed by atoms with Crippen molar-refractivity contribution in [1.82, 2.24) is 4.90 Å². The van der Waals surface area contributed by atoms with Crippen LogP contribution in [0.15, 0.2) is 0 Å². The fraction of sp³-hybridized carbons (Fsp3) is 1.00. The average Bonchev–Trinajstić information content (AvgIpc) is 2.58. The maximum absolute atomic E-state index is 9.40. The van der Waals surface area contributed by atoms with Gasteiger partial charge in [0.25, 0.3) is 0 Å². The van der Waals surface area contributed by atoms with Crippen molar-refractivity contribution in [3.8, 4) is 0 Å². The quantitative estimate of drug-likeness (QED) is 0.638. The van der Waals surface area contributed by atoms with Gasteiger partial charge >= 0.3 is 0 Å². The van der Waals surface area contributed by atoms with E-state index in [1.165, 1.54) is 19.3 Å². The molecule has 1 heterocycles. The van der Waals surface area contributed by atoms with Crippen molar-refractivity contribution >= 4 is 0 Å². The number of aliphatic hydroxyl groups is 1. The molecule has 2 unspecified atom stereocenters. The second kappa shape index (κ2) is 3.35. The fourth-order valence-electron chi connectivity index (χ4n) is 2.74. The van der Waals surface area contributed by atoms with Crippen LogP contribution in [0.1, 0.15) is 32.6 Å². The molecule has 0 radical (unpaired) electrons. The minimum absolute atomic E-state index is 0.0437. The molecule has 0 aromatic carbocycles. The molecule has 2 nitrogen and oxygen atoms in total. The molecule has 1 aliphatic heterocycles. The Morgan fingerprint density at radius 1 is 1.25 bits per heavy atom. The fourth-order valence-corrected chi connectivity index (χ4v) is 2.74. The van der Waals surface area contributed by atoms with Crippen molar-refractivity contribution in [2.24, 2.45) is 5.92 Å². The van der Waals surface area contributed by atoms with Crippen molar-refractivity contribution in [3.63, 3.8) is 0 Å². The predicted octanol–water partition coefficient (Wildman–Crippen LogP) is 1.24. The van der Waals surface area contributed by atoms with Crippen LogP contribution in [0.5, 0.6) is 0 Å². The van der Waals surface area contributed by atoms with Crippen molar-refractivity contribution in [2.75, 3.05) is 13.1 Å². The van der Waals surface area contributed by atoms with E-state index in [1.54, 1.807) is 0 Å². The average molecular weight is 169 g/mol. The van der Waals surface area contributed by atoms with Crippen LogP contribution in [0, 0.1) is 5.92 Å². The van der Waals surface area contributed by atoms with Crippen LogP contribution >= 0.6 is 0 Å². The van der Waals surface area contributed by atoms with Gasteiger partial charge in [-0.25, -0.2) is 0 Å². The molecule has 0 aromatic heterocycles. The number of aliphatic hydroxyl groups excluding tert-OH is 1. The third kappa shape index (κ3) is 1.50. The molecular formula is C10H19NO. The number of hydrogen-bond acceptors (Lipinski definition) is 2. The second-order valence-corrected chi connectivity index (χ2v) is 4.41. The Balaban J connectivity index is 1.91. The van der Waals surface area contributed by atoms with Crippen molar-refractivity contribution < 1.29 is 5.11 Å². The molecule has 2 fully saturated rings. The zero-order valence-corrected chi connectivity index (χ0v) is 7.87. The van der Waals surface area contributed by atoms with Crippen LogP contribution in [0.3, 0.4) is 0 Å². The lowest BCUT2D eigenvalue weighted by molar-refractivity contribution is 0.147. The summed E-state index contributed by atoms with van der Waals surface area (Å²) in [6, 6.07) is 0.780. The molecule has 1 aliphatic carbocycles. The summed E-state index contributed by atoms with van der Waals surface area (Å²) in [5.41, 5.74) is 0. The molecule has 2 aliphatic rings. The van der Waals surface area contributed by atoms with Gasteiger partial charge in [0.2, 0.25) is 0 Å². The topological polar surface area (TPSA) is 23.5 Å². The predicted molar refractivity (Wildman–Crippen MR) is 49.0 cm³/mol. The Kier molecular flexibility index (Phi) is 2.37. The van der Waals surface area contributed by atoms with Gasteiger partial charge in [-0.2, -0.15) is 0 Å². The van der Waals surface area contributed by atoms with Gasteiger partial charge in [0, 0.05) is 19.1 Å². The summed E-state index contributed by atoms with van der Waals surface area (Å²) < 4.78 is 0. The number of nitrogens with zero attached hydrogens (tertiary/aromatic N) is 1. The SMILES string of the molecule is CC1CCCC1N1CC[C@@H](O)C1. The highest BCUT2D eigenvalue weighted by atomic mass is 16.3. The standard InChI is InChI=1S/C10H19NO/c1-8-3-2-4-10(8)11-6-5-9(12)7-11/h8-10,12H,2-7H2,1H3/t8?,9-,10?/m1/s1. The molecule has 3 atom stereocenters. The molecule has 0 amide bonds. The normalized spacial score (nSPS) is 44.0. The first-order chi connectivity index (χ1) is 5.77. The Morgan fingerprint density at radius 2 is 2.08 bits per heavy atom. The second-order valence-electron chi connectivity index (χ2n) is 4.41. The molecule has 0 bridgehead atoms. The summed E-state index contributed by atoms with van der Waals surface area (Å²) in [5, 5.41) is 9.40. The number of β-amino-alcohol motifs (C(OH)–C–C–N with tert-alkyl or cyclic N) is 1. The minimum atomic E-state index is -0.0437. The summed E-state index contributed by atoms with van der Waals surface area (Å²) in [6.45, 7) is 4.40. The van der Waals surface area contributed by atoms with Gasteiger partial charge in [-0.1, -0.05) is 13.3 Å². The third-order valence-electron chi connectivity index (χ3n) is 3.48. The first-order valence-electron chi connectivity index (χ1n) is 5.19. The van der Waals surface area contributed by atoms with Gasteiger partial charge in [-0.15, -0.1) is 0 Å². The van der Waals surface area contributed by atoms with Crippen molar-refractivity contribution in [3.05, 3.63) is 0 Å². The summed E-state index contributed by atoms with van der Waals surface area (Å²) in [4.78, 5) is 2.49. The molecule has 70 valence electrons. The van der Waals surface area contributed by atoms with Gasteiger partial charge in [0.15, 0.2) is 0 Å². The molecule has 0 spiro atoms. The minimum Gasteiger partial charge on any atom is -0.392 e. The van der Waals surface area contributed by atoms with E-state index in [9.17, 15) is 5.11 Å². The smallest absolute Gasteiger partial charge is 0.0679 e. The largest absolute Gasteiger partial charge is 0.392 e. The van der Waals surface area contributed by atoms with Crippen LogP contribution < -0.4 is 0 Å². The van der Waals surface area contributed by atoms with E-state index >= 15 is 0 Å². The maximum Gasteiger partial charge on any atom is 0.0679 e. The summed E-state index contributed by atoms with van der Waals surface area (Å²) in [5.74, 6) is 0.857. The number of rotatable bonds is 1. The van der Waals surface area contributed by atoms with E-state index in [0.29, 0.717) is 0 Å². The van der Waals surface area contributed by atoms with E-state index in [-0.39, 0.29) is 6.10 Å². The maximum atomic E-state index is 9.40. The third-order valence-corrected chi connectivity index (χ3v) is 3.48. The van der Waals surface area contributed by atoms with Gasteiger partial charge in [-0.05, 0) is 25.2 Å². The van der Waals surface area contributed by atoms with E-state index in [4.69, 9.17) is 0 Å². The van der Waals surface area contributed by atoms with Crippen molar-refractivity contribution in [2.45, 2.75) is 44.8 Å². The Labute approximate surface area is 74.6 Å². The summed E-state index contributed by atoms with van der Waals surface area (Å²) in [6.07, 6.45) is 5.07. The molecule has 1 saturated carbocycles. The Hall–Kier alpha value is -0.0800. The van der Waals surface area contributed by atoms with Crippen LogP contribution in [0.4, 0.5) is 0 Å². The lowest BCUT2D eigenvalue weighted by Crippen LogP contribution is -2.35. The molecule has 2 heteroatoms. The molecule has 0 aromatic rings. The zero-order valence-electron chi connectivity index (χ0n) is 7.87. The van der Waals surface area contributed by atoms with Gasteiger partial charge in [0.05, 0.1) is 6.10 Å². The summed E-state index contributed by atoms with van der Waals surface area (Å²) >= 11 is 0. The molecule has 2 rings (SSSR count). The lowest BCUT2D eigenvalue weighted by Gasteiger charge is -2.26. The van der Waals surface area contributed by atoms with E-state index in [2.05, 4.69) is 11.8 Å². The van der Waals surface area contributed by atoms with Crippen molar-refractivity contribution in [1.29, 1.82) is 0 Å². The highest BCUT2D eigenvalue weighted by Crippen LogP contribution is 2.31. The molecule has 1 saturated heterocycles. The van der Waals surface area contributed by atoms with E-state index < -0.39 is 0 Å². The monoisotopic (exact) mass is 169 g/mol. The zero-order chi connectivity index (χ0) is 8.55. The van der Waals surface area contributed by atoms with E-state index in [0.717, 1.165) is 31.5 Å². The molecule has 12 heavy (non-hydrogen) atoms. The van der Waals surface area contributed by atoms with Crippen LogP contribution in [-0.4, -0.2) is 35.2 Å².